The van der Waals surface area contributed by atoms with Crippen LogP contribution in [0.15, 0.2) is 12.7 Å². The second-order valence-corrected chi connectivity index (χ2v) is 6.12. The van der Waals surface area contributed by atoms with Crippen LogP contribution >= 0.6 is 0 Å². The Labute approximate surface area is 91.2 Å². The summed E-state index contributed by atoms with van der Waals surface area (Å²) >= 11 is -1.73. The van der Waals surface area contributed by atoms with Crippen molar-refractivity contribution in [2.75, 3.05) is 0 Å². The van der Waals surface area contributed by atoms with Crippen LogP contribution in [0.1, 0.15) is 27.2 Å². The first-order valence-electron chi connectivity index (χ1n) is 4.44. The lowest BCUT2D eigenvalue weighted by Gasteiger charge is -2.28. The molecular weight excluding hydrogens is 227 g/mol. The van der Waals surface area contributed by atoms with E-state index < -0.39 is 28.3 Å². The smallest absolute Gasteiger partial charge is 0.408 e. The molecule has 0 rings (SSSR count). The highest BCUT2D eigenvalue weighted by atomic mass is 32.2. The van der Waals surface area contributed by atoms with Crippen LogP contribution in [0.5, 0.6) is 0 Å². The quantitative estimate of drug-likeness (QED) is 0.608. The molecule has 0 radical (unpaired) electrons. The summed E-state index contributed by atoms with van der Waals surface area (Å²) in [6, 6.07) is -1.80. The molecule has 0 bridgehead atoms. The zero-order valence-corrected chi connectivity index (χ0v) is 9.84. The summed E-state index contributed by atoms with van der Waals surface area (Å²) in [4.78, 5) is 0. The fourth-order valence-electron chi connectivity index (χ4n) is 0.721. The van der Waals surface area contributed by atoms with Gasteiger partial charge >= 0.3 is 6.18 Å². The van der Waals surface area contributed by atoms with Crippen molar-refractivity contribution in [1.82, 2.24) is 4.72 Å². The minimum absolute atomic E-state index is 0.286. The van der Waals surface area contributed by atoms with Crippen LogP contribution in [-0.4, -0.2) is 21.5 Å². The monoisotopic (exact) mass is 243 g/mol. The first-order valence-corrected chi connectivity index (χ1v) is 5.59. The SMILES string of the molecule is C=CCC(N[S@@+]([O-])C(C)(C)C)C(F)(F)F. The molecule has 0 aliphatic carbocycles. The van der Waals surface area contributed by atoms with Gasteiger partial charge in [0.1, 0.15) is 4.75 Å². The molecule has 0 amide bonds. The first-order chi connectivity index (χ1) is 6.59. The molecule has 0 heterocycles. The van der Waals surface area contributed by atoms with Gasteiger partial charge in [-0.2, -0.15) is 13.2 Å². The van der Waals surface area contributed by atoms with E-state index in [1.165, 1.54) is 0 Å². The molecule has 0 aromatic carbocycles. The van der Waals surface area contributed by atoms with E-state index in [0.717, 1.165) is 6.08 Å². The fourth-order valence-corrected chi connectivity index (χ4v) is 1.56. The van der Waals surface area contributed by atoms with Crippen LogP contribution in [0.25, 0.3) is 0 Å². The third-order valence-electron chi connectivity index (χ3n) is 1.60. The van der Waals surface area contributed by atoms with Gasteiger partial charge in [0.25, 0.3) is 0 Å². The van der Waals surface area contributed by atoms with Crippen LogP contribution in [-0.2, 0) is 11.4 Å². The maximum absolute atomic E-state index is 12.4. The maximum atomic E-state index is 12.4. The molecule has 0 aliphatic rings. The molecule has 0 saturated carbocycles. The minimum Gasteiger partial charge on any atom is -0.598 e. The zero-order chi connectivity index (χ0) is 12.3. The van der Waals surface area contributed by atoms with Gasteiger partial charge < -0.3 is 4.55 Å². The Balaban J connectivity index is 4.49. The van der Waals surface area contributed by atoms with E-state index in [1.807, 2.05) is 0 Å². The van der Waals surface area contributed by atoms with E-state index in [1.54, 1.807) is 20.8 Å². The van der Waals surface area contributed by atoms with Crippen LogP contribution < -0.4 is 4.72 Å². The van der Waals surface area contributed by atoms with Gasteiger partial charge in [0.2, 0.25) is 0 Å². The summed E-state index contributed by atoms with van der Waals surface area (Å²) < 4.78 is 50.1. The van der Waals surface area contributed by atoms with Crippen LogP contribution in [0, 0.1) is 0 Å². The highest BCUT2D eigenvalue weighted by Crippen LogP contribution is 2.25. The zero-order valence-electron chi connectivity index (χ0n) is 9.02. The van der Waals surface area contributed by atoms with Crippen molar-refractivity contribution in [1.29, 1.82) is 0 Å². The van der Waals surface area contributed by atoms with Crippen LogP contribution in [0.3, 0.4) is 0 Å². The molecule has 0 aromatic heterocycles. The van der Waals surface area contributed by atoms with Gasteiger partial charge in [0.15, 0.2) is 6.04 Å². The maximum Gasteiger partial charge on any atom is 0.408 e. The minimum atomic E-state index is -4.41. The number of hydrogen-bond acceptors (Lipinski definition) is 2. The summed E-state index contributed by atoms with van der Waals surface area (Å²) in [5.41, 5.74) is 0. The van der Waals surface area contributed by atoms with Gasteiger partial charge in [-0.05, 0) is 27.2 Å². The summed E-state index contributed by atoms with van der Waals surface area (Å²) in [6.07, 6.45) is -3.54. The summed E-state index contributed by atoms with van der Waals surface area (Å²) in [7, 11) is 0. The molecule has 2 nitrogen and oxygen atoms in total. The normalized spacial score (nSPS) is 17.3. The molecule has 90 valence electrons. The lowest BCUT2D eigenvalue weighted by Crippen LogP contribution is -2.50. The lowest BCUT2D eigenvalue weighted by atomic mass is 10.2. The largest absolute Gasteiger partial charge is 0.598 e. The van der Waals surface area contributed by atoms with Gasteiger partial charge in [-0.25, -0.2) is 0 Å². The molecular formula is C9H16F3NOS. The number of alkyl halides is 3. The van der Waals surface area contributed by atoms with Crippen LogP contribution in [0.2, 0.25) is 0 Å². The summed E-state index contributed by atoms with van der Waals surface area (Å²) in [5.74, 6) is 0. The van der Waals surface area contributed by atoms with Gasteiger partial charge in [0, 0.05) is 11.4 Å². The topological polar surface area (TPSA) is 35.1 Å². The van der Waals surface area contributed by atoms with Crippen molar-refractivity contribution in [3.05, 3.63) is 12.7 Å². The highest BCUT2D eigenvalue weighted by Gasteiger charge is 2.43. The third kappa shape index (κ3) is 5.44. The van der Waals surface area contributed by atoms with Crippen molar-refractivity contribution in [2.45, 2.75) is 44.2 Å². The average Bonchev–Trinajstić information content (AvgIpc) is 1.99. The van der Waals surface area contributed by atoms with E-state index in [4.69, 9.17) is 0 Å². The molecule has 0 fully saturated rings. The number of rotatable bonds is 4. The number of halogens is 3. The van der Waals surface area contributed by atoms with Crippen molar-refractivity contribution in [3.8, 4) is 0 Å². The fraction of sp³-hybridized carbons (Fsp3) is 0.778. The van der Waals surface area contributed by atoms with Crippen molar-refractivity contribution in [2.24, 2.45) is 0 Å². The second kappa shape index (κ2) is 5.23. The second-order valence-electron chi connectivity index (χ2n) is 4.12. The molecule has 0 saturated heterocycles. The van der Waals surface area contributed by atoms with E-state index in [9.17, 15) is 17.7 Å². The Hall–Kier alpha value is -0.200. The average molecular weight is 243 g/mol. The molecule has 1 N–H and O–H groups in total. The lowest BCUT2D eigenvalue weighted by molar-refractivity contribution is -0.150. The Morgan fingerprint density at radius 3 is 2.13 bits per heavy atom. The van der Waals surface area contributed by atoms with Gasteiger partial charge in [-0.15, -0.1) is 11.3 Å². The van der Waals surface area contributed by atoms with E-state index >= 15 is 0 Å². The highest BCUT2D eigenvalue weighted by molar-refractivity contribution is 7.90. The molecule has 0 aliphatic heterocycles. The predicted octanol–water partition coefficient (Wildman–Crippen LogP) is 2.55. The molecule has 0 aromatic rings. The summed E-state index contributed by atoms with van der Waals surface area (Å²) in [5, 5.41) is 0. The first kappa shape index (κ1) is 14.8. The predicted molar refractivity (Wildman–Crippen MR) is 55.7 cm³/mol. The summed E-state index contributed by atoms with van der Waals surface area (Å²) in [6.45, 7) is 8.07. The molecule has 6 heteroatoms. The van der Waals surface area contributed by atoms with E-state index in [0.29, 0.717) is 0 Å². The Bertz CT molecular complexity index is 212. The number of hydrogen-bond donors (Lipinski definition) is 1. The van der Waals surface area contributed by atoms with E-state index in [-0.39, 0.29) is 6.42 Å². The molecule has 0 spiro atoms. The Morgan fingerprint density at radius 2 is 1.87 bits per heavy atom. The van der Waals surface area contributed by atoms with Gasteiger partial charge in [-0.3, -0.25) is 0 Å². The Kier molecular flexibility index (Phi) is 5.16. The third-order valence-corrected chi connectivity index (χ3v) is 3.21. The molecule has 2 atom stereocenters. The molecule has 15 heavy (non-hydrogen) atoms. The standard InChI is InChI=1S/C9H16F3NOS/c1-5-6-7(9(10,11)12)13-15(14)8(2,3)4/h5,7,13H,1,6H2,2-4H3/t7?,15-/m0/s1. The number of nitrogens with one attached hydrogen (secondary N) is 1. The Morgan fingerprint density at radius 1 is 1.40 bits per heavy atom. The molecule has 1 unspecified atom stereocenters. The van der Waals surface area contributed by atoms with Crippen molar-refractivity contribution < 1.29 is 17.7 Å². The van der Waals surface area contributed by atoms with Crippen molar-refractivity contribution >= 4 is 11.4 Å². The van der Waals surface area contributed by atoms with Gasteiger partial charge in [-0.1, -0.05) is 6.08 Å². The van der Waals surface area contributed by atoms with Crippen molar-refractivity contribution in [3.63, 3.8) is 0 Å². The van der Waals surface area contributed by atoms with Gasteiger partial charge in [0.05, 0.1) is 0 Å². The van der Waals surface area contributed by atoms with E-state index in [2.05, 4.69) is 11.3 Å². The van der Waals surface area contributed by atoms with Crippen LogP contribution in [0.4, 0.5) is 13.2 Å².